The van der Waals surface area contributed by atoms with E-state index >= 15 is 0 Å². The van der Waals surface area contributed by atoms with Gasteiger partial charge in [0, 0.05) is 12.5 Å². The fourth-order valence-corrected chi connectivity index (χ4v) is 1.41. The Hall–Kier alpha value is -1.71. The molecule has 17 heavy (non-hydrogen) atoms. The topological polar surface area (TPSA) is 37.3 Å². The first-order valence-corrected chi connectivity index (χ1v) is 5.40. The summed E-state index contributed by atoms with van der Waals surface area (Å²) < 4.78 is 25.8. The molecule has 4 heteroatoms. The van der Waals surface area contributed by atoms with Gasteiger partial charge >= 0.3 is 5.97 Å². The Morgan fingerprint density at radius 3 is 2.59 bits per heavy atom. The molecule has 0 aliphatic carbocycles. The second-order valence-electron chi connectivity index (χ2n) is 3.68. The molecule has 0 bridgehead atoms. The van der Waals surface area contributed by atoms with Gasteiger partial charge in [-0.05, 0) is 30.9 Å². The Morgan fingerprint density at radius 2 is 1.94 bits per heavy atom. The molecular formula is C13H14F2O2. The van der Waals surface area contributed by atoms with Gasteiger partial charge in [0.1, 0.15) is 11.6 Å². The number of aliphatic carboxylic acids is 1. The number of carbonyl (C=O) groups is 1. The first kappa shape index (κ1) is 13.4. The van der Waals surface area contributed by atoms with Crippen molar-refractivity contribution in [2.24, 2.45) is 0 Å². The van der Waals surface area contributed by atoms with Crippen molar-refractivity contribution in [1.82, 2.24) is 0 Å². The first-order valence-electron chi connectivity index (χ1n) is 5.40. The number of rotatable bonds is 6. The van der Waals surface area contributed by atoms with Gasteiger partial charge in [0.25, 0.3) is 0 Å². The molecule has 0 aliphatic rings. The van der Waals surface area contributed by atoms with E-state index < -0.39 is 17.6 Å². The summed E-state index contributed by atoms with van der Waals surface area (Å²) in [6.07, 6.45) is 5.24. The third-order valence-electron chi connectivity index (χ3n) is 2.29. The Bertz CT molecular complexity index is 414. The molecule has 1 aromatic carbocycles. The zero-order valence-corrected chi connectivity index (χ0v) is 9.33. The van der Waals surface area contributed by atoms with Crippen molar-refractivity contribution in [2.75, 3.05) is 0 Å². The molecule has 0 unspecified atom stereocenters. The number of hydrogen-bond acceptors (Lipinski definition) is 1. The fourth-order valence-electron chi connectivity index (χ4n) is 1.41. The second-order valence-corrected chi connectivity index (χ2v) is 3.68. The molecule has 0 heterocycles. The Balaban J connectivity index is 2.33. The zero-order valence-electron chi connectivity index (χ0n) is 9.33. The van der Waals surface area contributed by atoms with Crippen molar-refractivity contribution in [3.8, 4) is 0 Å². The van der Waals surface area contributed by atoms with E-state index in [2.05, 4.69) is 0 Å². The van der Waals surface area contributed by atoms with Gasteiger partial charge in [-0.1, -0.05) is 18.2 Å². The van der Waals surface area contributed by atoms with Crippen LogP contribution in [-0.2, 0) is 11.2 Å². The van der Waals surface area contributed by atoms with Gasteiger partial charge in [0.2, 0.25) is 0 Å². The number of aryl methyl sites for hydroxylation is 1. The van der Waals surface area contributed by atoms with Gasteiger partial charge in [0.05, 0.1) is 0 Å². The third-order valence-corrected chi connectivity index (χ3v) is 2.29. The van der Waals surface area contributed by atoms with E-state index in [1.807, 2.05) is 6.08 Å². The van der Waals surface area contributed by atoms with E-state index in [1.165, 1.54) is 12.1 Å². The number of hydrogen-bond donors (Lipinski definition) is 1. The summed E-state index contributed by atoms with van der Waals surface area (Å²) in [4.78, 5) is 10.2. The molecule has 1 rings (SSSR count). The normalized spacial score (nSPS) is 10.9. The van der Waals surface area contributed by atoms with E-state index in [9.17, 15) is 13.6 Å². The van der Waals surface area contributed by atoms with Gasteiger partial charge in [-0.15, -0.1) is 0 Å². The van der Waals surface area contributed by atoms with E-state index in [-0.39, 0.29) is 6.42 Å². The molecule has 0 amide bonds. The molecular weight excluding hydrogens is 226 g/mol. The predicted molar refractivity (Wildman–Crippen MR) is 60.7 cm³/mol. The predicted octanol–water partition coefficient (Wildman–Crippen LogP) is 3.32. The van der Waals surface area contributed by atoms with Crippen LogP contribution in [0.4, 0.5) is 8.78 Å². The molecule has 0 aromatic heterocycles. The highest BCUT2D eigenvalue weighted by Crippen LogP contribution is 2.11. The number of allylic oxidation sites excluding steroid dienone is 2. The average Bonchev–Trinajstić information content (AvgIpc) is 2.25. The molecule has 0 radical (unpaired) electrons. The van der Waals surface area contributed by atoms with E-state index in [4.69, 9.17) is 5.11 Å². The highest BCUT2D eigenvalue weighted by molar-refractivity contribution is 5.66. The van der Waals surface area contributed by atoms with Crippen LogP contribution in [0.15, 0.2) is 30.4 Å². The van der Waals surface area contributed by atoms with Crippen LogP contribution in [0.5, 0.6) is 0 Å². The van der Waals surface area contributed by atoms with Gasteiger partial charge in [-0.3, -0.25) is 4.79 Å². The van der Waals surface area contributed by atoms with Crippen LogP contribution in [0, 0.1) is 11.6 Å². The monoisotopic (exact) mass is 240 g/mol. The molecule has 0 fully saturated rings. The Labute approximate surface area is 98.6 Å². The van der Waals surface area contributed by atoms with Crippen molar-refractivity contribution in [3.63, 3.8) is 0 Å². The highest BCUT2D eigenvalue weighted by Gasteiger charge is 2.02. The summed E-state index contributed by atoms with van der Waals surface area (Å²) in [5.74, 6) is -1.95. The van der Waals surface area contributed by atoms with E-state index in [0.717, 1.165) is 6.07 Å². The maximum Gasteiger partial charge on any atom is 0.303 e. The lowest BCUT2D eigenvalue weighted by Crippen LogP contribution is -1.92. The molecule has 0 aliphatic heterocycles. The van der Waals surface area contributed by atoms with Crippen LogP contribution in [0.3, 0.4) is 0 Å². The Morgan fingerprint density at radius 1 is 1.24 bits per heavy atom. The number of benzene rings is 1. The molecule has 0 saturated heterocycles. The van der Waals surface area contributed by atoms with Crippen molar-refractivity contribution in [3.05, 3.63) is 47.5 Å². The number of halogens is 2. The van der Waals surface area contributed by atoms with Crippen molar-refractivity contribution in [2.45, 2.75) is 25.7 Å². The maximum atomic E-state index is 13.2. The molecule has 0 atom stereocenters. The lowest BCUT2D eigenvalue weighted by atomic mass is 10.1. The van der Waals surface area contributed by atoms with Crippen LogP contribution < -0.4 is 0 Å². The smallest absolute Gasteiger partial charge is 0.303 e. The SMILES string of the molecule is O=C(O)CCC=CCCc1ccc(F)cc1F. The lowest BCUT2D eigenvalue weighted by Gasteiger charge is -2.00. The highest BCUT2D eigenvalue weighted by atomic mass is 19.1. The molecule has 1 aromatic rings. The minimum absolute atomic E-state index is 0.0986. The van der Waals surface area contributed by atoms with E-state index in [1.54, 1.807) is 6.08 Å². The molecule has 0 saturated carbocycles. The minimum atomic E-state index is -0.834. The zero-order chi connectivity index (χ0) is 12.7. The summed E-state index contributed by atoms with van der Waals surface area (Å²) >= 11 is 0. The van der Waals surface area contributed by atoms with Gasteiger partial charge < -0.3 is 5.11 Å². The third kappa shape index (κ3) is 5.24. The number of carboxylic acid groups (broad SMARTS) is 1. The average molecular weight is 240 g/mol. The van der Waals surface area contributed by atoms with Crippen LogP contribution in [0.1, 0.15) is 24.8 Å². The fraction of sp³-hybridized carbons (Fsp3) is 0.308. The molecule has 92 valence electrons. The molecule has 0 spiro atoms. The van der Waals surface area contributed by atoms with Crippen LogP contribution in [0.25, 0.3) is 0 Å². The molecule has 2 nitrogen and oxygen atoms in total. The van der Waals surface area contributed by atoms with E-state index in [0.29, 0.717) is 24.8 Å². The maximum absolute atomic E-state index is 13.2. The van der Waals surface area contributed by atoms with Crippen LogP contribution in [-0.4, -0.2) is 11.1 Å². The molecule has 1 N–H and O–H groups in total. The van der Waals surface area contributed by atoms with Crippen LogP contribution >= 0.6 is 0 Å². The lowest BCUT2D eigenvalue weighted by molar-refractivity contribution is -0.136. The quantitative estimate of drug-likeness (QED) is 0.774. The van der Waals surface area contributed by atoms with Gasteiger partial charge in [-0.25, -0.2) is 8.78 Å². The summed E-state index contributed by atoms with van der Waals surface area (Å²) in [7, 11) is 0. The van der Waals surface area contributed by atoms with Crippen LogP contribution in [0.2, 0.25) is 0 Å². The largest absolute Gasteiger partial charge is 0.481 e. The minimum Gasteiger partial charge on any atom is -0.481 e. The number of carboxylic acids is 1. The summed E-state index contributed by atoms with van der Waals surface area (Å²) in [6.45, 7) is 0. The summed E-state index contributed by atoms with van der Waals surface area (Å²) in [5.41, 5.74) is 0.467. The van der Waals surface area contributed by atoms with Gasteiger partial charge in [-0.2, -0.15) is 0 Å². The summed E-state index contributed by atoms with van der Waals surface area (Å²) in [5, 5.41) is 8.39. The second kappa shape index (κ2) is 6.78. The Kier molecular flexibility index (Phi) is 5.33. The van der Waals surface area contributed by atoms with Gasteiger partial charge in [0.15, 0.2) is 0 Å². The standard InChI is InChI=1S/C13H14F2O2/c14-11-8-7-10(12(15)9-11)5-3-1-2-4-6-13(16)17/h1-2,7-9H,3-6H2,(H,16,17). The first-order chi connectivity index (χ1) is 8.09. The van der Waals surface area contributed by atoms with Crippen molar-refractivity contribution >= 4 is 5.97 Å². The van der Waals surface area contributed by atoms with Crippen molar-refractivity contribution in [1.29, 1.82) is 0 Å². The van der Waals surface area contributed by atoms with Crippen molar-refractivity contribution < 1.29 is 18.7 Å². The summed E-state index contributed by atoms with van der Waals surface area (Å²) in [6, 6.07) is 3.52.